The molecule has 62 heavy (non-hydrogen) atoms. The Labute approximate surface area is 375 Å². The van der Waals surface area contributed by atoms with E-state index in [2.05, 4.69) is 179 Å². The fourth-order valence-corrected chi connectivity index (χ4v) is 16.5. The molecule has 5 heteroatoms. The van der Waals surface area contributed by atoms with Crippen molar-refractivity contribution in [3.63, 3.8) is 0 Å². The molecule has 0 bridgehead atoms. The van der Waals surface area contributed by atoms with Crippen LogP contribution in [-0.2, 0) is 18.3 Å². The van der Waals surface area contributed by atoms with E-state index < -0.39 is 0 Å². The minimum absolute atomic E-state index is 0.358. The first-order valence-corrected chi connectivity index (χ1v) is 24.7. The third-order valence-corrected chi connectivity index (χ3v) is 18.7. The van der Waals surface area contributed by atoms with Gasteiger partial charge in [0, 0.05) is 40.6 Å². The van der Waals surface area contributed by atoms with Gasteiger partial charge in [-0.2, -0.15) is 0 Å². The molecule has 4 aliphatic rings. The first kappa shape index (κ1) is 34.4. The van der Waals surface area contributed by atoms with Gasteiger partial charge in [-0.15, -0.1) is 34.0 Å². The number of fused-ring (bicyclic) bond motifs is 15. The number of thiophene rings is 3. The molecule has 290 valence electrons. The molecule has 3 aromatic heterocycles. The summed E-state index contributed by atoms with van der Waals surface area (Å²) < 4.78 is 2.71. The van der Waals surface area contributed by atoms with Crippen LogP contribution in [0.4, 0.5) is 17.1 Å². The van der Waals surface area contributed by atoms with E-state index in [1.807, 2.05) is 45.8 Å². The highest BCUT2D eigenvalue weighted by atomic mass is 32.2. The third-order valence-electron chi connectivity index (χ3n) is 14.2. The van der Waals surface area contributed by atoms with Crippen molar-refractivity contribution in [2.45, 2.75) is 28.0 Å². The number of nitrogens with zero attached hydrogens (tertiary/aromatic N) is 1. The van der Waals surface area contributed by atoms with Crippen LogP contribution in [0.3, 0.4) is 0 Å². The summed E-state index contributed by atoms with van der Waals surface area (Å²) >= 11 is 7.73. The zero-order chi connectivity index (χ0) is 40.3. The van der Waals surface area contributed by atoms with Crippen molar-refractivity contribution in [3.8, 4) is 43.1 Å². The molecule has 15 rings (SSSR count). The van der Waals surface area contributed by atoms with Gasteiger partial charge in [-0.25, -0.2) is 0 Å². The van der Waals surface area contributed by atoms with Gasteiger partial charge in [-0.1, -0.05) is 145 Å². The summed E-state index contributed by atoms with van der Waals surface area (Å²) in [7, 11) is 0. The van der Waals surface area contributed by atoms with E-state index in [0.717, 1.165) is 12.8 Å². The maximum atomic E-state index is 2.58. The standard InChI is InChI=1S/C57H33NS4/c1-3-10-32(11-4-1)36-14-7-17-45-51(36)61-52-37(33-12-5-2-6-13-33)15-8-18-46(52)58(45)47-19-9-16-38-39-25-27-42-50(54(39)62-53(38)47)40-24-22-34-20-21-35-23-26-41(49(40)48(34)35)57(42)43-28-30-59-55(43)56-44(57)29-31-60-56/h1-19,22-31H,20-21H2. The van der Waals surface area contributed by atoms with Crippen LogP contribution in [0.2, 0.25) is 0 Å². The van der Waals surface area contributed by atoms with E-state index in [1.165, 1.54) is 134 Å². The van der Waals surface area contributed by atoms with Gasteiger partial charge in [0.1, 0.15) is 0 Å². The molecule has 1 nitrogen and oxygen atoms in total. The molecule has 0 radical (unpaired) electrons. The smallest absolute Gasteiger partial charge is 0.0743 e. The molecular weight excluding hydrogens is 827 g/mol. The topological polar surface area (TPSA) is 3.24 Å². The second-order valence-electron chi connectivity index (χ2n) is 17.0. The summed E-state index contributed by atoms with van der Waals surface area (Å²) in [6, 6.07) is 62.3. The Hall–Kier alpha value is -6.21. The lowest BCUT2D eigenvalue weighted by molar-refractivity contribution is 0.779. The maximum Gasteiger partial charge on any atom is 0.0743 e. The summed E-state index contributed by atoms with van der Waals surface area (Å²) in [4.78, 5) is 8.03. The van der Waals surface area contributed by atoms with Crippen LogP contribution in [0.1, 0.15) is 33.4 Å². The minimum atomic E-state index is -0.358. The molecule has 11 aromatic rings. The number of anilines is 3. The molecule has 3 aliphatic carbocycles. The van der Waals surface area contributed by atoms with Gasteiger partial charge >= 0.3 is 0 Å². The summed E-state index contributed by atoms with van der Waals surface area (Å²) in [5.41, 5.74) is 19.9. The lowest BCUT2D eigenvalue weighted by Crippen LogP contribution is -2.31. The molecule has 8 aromatic carbocycles. The van der Waals surface area contributed by atoms with E-state index in [0.29, 0.717) is 0 Å². The van der Waals surface area contributed by atoms with E-state index >= 15 is 0 Å². The number of hydrogen-bond acceptors (Lipinski definition) is 5. The van der Waals surface area contributed by atoms with Gasteiger partial charge in [0.25, 0.3) is 0 Å². The Morgan fingerprint density at radius 1 is 0.419 bits per heavy atom. The predicted molar refractivity (Wildman–Crippen MR) is 266 cm³/mol. The molecule has 0 fully saturated rings. The number of aryl methyl sites for hydroxylation is 2. The lowest BCUT2D eigenvalue weighted by Gasteiger charge is -2.39. The first-order chi connectivity index (χ1) is 30.8. The van der Waals surface area contributed by atoms with Gasteiger partial charge in [0.05, 0.1) is 27.2 Å². The molecule has 0 unspecified atom stereocenters. The second kappa shape index (κ2) is 12.5. The highest BCUT2D eigenvalue weighted by Crippen LogP contribution is 2.66. The lowest BCUT2D eigenvalue weighted by atomic mass is 9.61. The van der Waals surface area contributed by atoms with E-state index in [4.69, 9.17) is 0 Å². The Kier molecular flexibility index (Phi) is 6.91. The molecule has 1 aliphatic heterocycles. The molecule has 0 atom stereocenters. The van der Waals surface area contributed by atoms with Gasteiger partial charge < -0.3 is 4.90 Å². The van der Waals surface area contributed by atoms with Crippen LogP contribution < -0.4 is 4.90 Å². The van der Waals surface area contributed by atoms with E-state index in [-0.39, 0.29) is 5.41 Å². The highest BCUT2D eigenvalue weighted by Gasteiger charge is 2.52. The summed E-state index contributed by atoms with van der Waals surface area (Å²) in [5.74, 6) is 0. The van der Waals surface area contributed by atoms with Crippen molar-refractivity contribution < 1.29 is 0 Å². The molecule has 0 saturated heterocycles. The zero-order valence-corrected chi connectivity index (χ0v) is 36.5. The molecule has 1 spiro atoms. The minimum Gasteiger partial charge on any atom is -0.307 e. The van der Waals surface area contributed by atoms with Crippen LogP contribution in [0.5, 0.6) is 0 Å². The molecule has 0 N–H and O–H groups in total. The normalized spacial score (nSPS) is 14.7. The maximum absolute atomic E-state index is 2.58. The Balaban J connectivity index is 1.05. The molecule has 4 heterocycles. The summed E-state index contributed by atoms with van der Waals surface area (Å²) in [5, 5.41) is 10.3. The Morgan fingerprint density at radius 2 is 1.00 bits per heavy atom. The van der Waals surface area contributed by atoms with Crippen molar-refractivity contribution in [1.82, 2.24) is 0 Å². The zero-order valence-electron chi connectivity index (χ0n) is 33.2. The molecule has 0 amide bonds. The summed E-state index contributed by atoms with van der Waals surface area (Å²) in [6.07, 6.45) is 2.24. The van der Waals surface area contributed by atoms with Crippen LogP contribution in [-0.4, -0.2) is 0 Å². The monoisotopic (exact) mass is 859 g/mol. The Bertz CT molecular complexity index is 3600. The predicted octanol–water partition coefficient (Wildman–Crippen LogP) is 17.0. The van der Waals surface area contributed by atoms with E-state index in [9.17, 15) is 0 Å². The number of rotatable bonds is 3. The van der Waals surface area contributed by atoms with Gasteiger partial charge in [-0.3, -0.25) is 0 Å². The fourth-order valence-electron chi connectivity index (χ4n) is 11.7. The average molecular weight is 860 g/mol. The van der Waals surface area contributed by atoms with Crippen molar-refractivity contribution in [2.75, 3.05) is 4.90 Å². The van der Waals surface area contributed by atoms with Crippen molar-refractivity contribution in [3.05, 3.63) is 208 Å². The van der Waals surface area contributed by atoms with Gasteiger partial charge in [-0.05, 0) is 126 Å². The Morgan fingerprint density at radius 3 is 1.66 bits per heavy atom. The van der Waals surface area contributed by atoms with Crippen LogP contribution in [0.15, 0.2) is 184 Å². The van der Waals surface area contributed by atoms with Crippen molar-refractivity contribution >= 4 is 93.8 Å². The average Bonchev–Trinajstić information content (AvgIpc) is 4.18. The van der Waals surface area contributed by atoms with Crippen LogP contribution >= 0.6 is 45.8 Å². The number of hydrogen-bond donors (Lipinski definition) is 0. The molecular formula is C57H33NS4. The van der Waals surface area contributed by atoms with Crippen LogP contribution in [0, 0.1) is 0 Å². The fraction of sp³-hybridized carbons (Fsp3) is 0.0526. The van der Waals surface area contributed by atoms with Gasteiger partial charge in [0.15, 0.2) is 0 Å². The van der Waals surface area contributed by atoms with Gasteiger partial charge in [0.2, 0.25) is 0 Å². The third kappa shape index (κ3) is 4.25. The van der Waals surface area contributed by atoms with E-state index in [1.54, 1.807) is 0 Å². The quantitative estimate of drug-likeness (QED) is 0.174. The molecule has 0 saturated carbocycles. The second-order valence-corrected chi connectivity index (χ2v) is 20.8. The highest BCUT2D eigenvalue weighted by molar-refractivity contribution is 8.00. The largest absolute Gasteiger partial charge is 0.307 e. The van der Waals surface area contributed by atoms with Crippen molar-refractivity contribution in [2.24, 2.45) is 0 Å². The number of benzene rings is 8. The van der Waals surface area contributed by atoms with Crippen molar-refractivity contribution in [1.29, 1.82) is 0 Å². The summed E-state index contributed by atoms with van der Waals surface area (Å²) in [6.45, 7) is 0. The first-order valence-electron chi connectivity index (χ1n) is 21.4. The SMILES string of the molecule is c1ccc(-c2cccc3c2Sc2c(-c4ccccc4)cccc2N3c2cccc3c2sc2c4c(ccc23)C2(c3ccsc3-c3sccc32)c2ccc3c5c(ccc-4c25)CC3)cc1. The van der Waals surface area contributed by atoms with Crippen LogP contribution in [0.25, 0.3) is 74.1 Å².